The summed E-state index contributed by atoms with van der Waals surface area (Å²) < 4.78 is 0. The molecule has 0 unspecified atom stereocenters. The number of nitro groups is 1. The fourth-order valence-corrected chi connectivity index (χ4v) is 3.66. The van der Waals surface area contributed by atoms with E-state index in [0.29, 0.717) is 12.4 Å². The minimum atomic E-state index is -0.404. The van der Waals surface area contributed by atoms with Crippen molar-refractivity contribution in [2.24, 2.45) is 0 Å². The van der Waals surface area contributed by atoms with Crippen molar-refractivity contribution in [2.75, 3.05) is 16.8 Å². The minimum Gasteiger partial charge on any atom is -0.334 e. The lowest BCUT2D eigenvalue weighted by Gasteiger charge is -2.30. The number of benzene rings is 2. The topological polar surface area (TPSA) is 84.2 Å². The number of nitrogens with one attached hydrogen (secondary N) is 1. The number of anilines is 4. The summed E-state index contributed by atoms with van der Waals surface area (Å²) in [6.07, 6.45) is 3.25. The molecule has 0 saturated heterocycles. The van der Waals surface area contributed by atoms with Crippen LogP contribution in [0.2, 0.25) is 0 Å². The second-order valence-electron chi connectivity index (χ2n) is 6.98. The van der Waals surface area contributed by atoms with Gasteiger partial charge in [0, 0.05) is 17.9 Å². The number of nitrogens with zero attached hydrogens (tertiary/aromatic N) is 4. The molecule has 0 spiro atoms. The van der Waals surface area contributed by atoms with E-state index in [-0.39, 0.29) is 11.5 Å². The van der Waals surface area contributed by atoms with Gasteiger partial charge in [0.2, 0.25) is 11.6 Å². The maximum Gasteiger partial charge on any atom is 0.354 e. The van der Waals surface area contributed by atoms with Gasteiger partial charge in [-0.15, -0.1) is 0 Å². The van der Waals surface area contributed by atoms with Gasteiger partial charge in [0.1, 0.15) is 6.33 Å². The van der Waals surface area contributed by atoms with Gasteiger partial charge in [0.05, 0.1) is 4.92 Å². The lowest BCUT2D eigenvalue weighted by molar-refractivity contribution is -0.383. The van der Waals surface area contributed by atoms with Crippen LogP contribution >= 0.6 is 0 Å². The highest BCUT2D eigenvalue weighted by Crippen LogP contribution is 2.40. The summed E-state index contributed by atoms with van der Waals surface area (Å²) in [4.78, 5) is 22.0. The highest BCUT2D eigenvalue weighted by molar-refractivity contribution is 5.80. The van der Waals surface area contributed by atoms with E-state index in [1.54, 1.807) is 0 Å². The monoisotopic (exact) mass is 375 g/mol. The Balaban J connectivity index is 1.80. The third-order valence-electron chi connectivity index (χ3n) is 4.99. The summed E-state index contributed by atoms with van der Waals surface area (Å²) in [5.74, 6) is 0.518. The largest absolute Gasteiger partial charge is 0.354 e. The molecule has 0 saturated carbocycles. The predicted molar refractivity (Wildman–Crippen MR) is 110 cm³/mol. The fourth-order valence-electron chi connectivity index (χ4n) is 3.66. The molecule has 0 fully saturated rings. The van der Waals surface area contributed by atoms with E-state index in [9.17, 15) is 10.1 Å². The minimum absolute atomic E-state index is 0.112. The molecule has 0 amide bonds. The van der Waals surface area contributed by atoms with Crippen molar-refractivity contribution < 1.29 is 4.92 Å². The van der Waals surface area contributed by atoms with Gasteiger partial charge in [-0.2, -0.15) is 0 Å². The molecule has 7 nitrogen and oxygen atoms in total. The maximum absolute atomic E-state index is 12.0. The Morgan fingerprint density at radius 3 is 2.75 bits per heavy atom. The molecule has 0 bridgehead atoms. The molecular weight excluding hydrogens is 354 g/mol. The summed E-state index contributed by atoms with van der Waals surface area (Å²) in [6, 6.07) is 13.9. The Morgan fingerprint density at radius 2 is 1.96 bits per heavy atom. The maximum atomic E-state index is 12.0. The molecule has 142 valence electrons. The van der Waals surface area contributed by atoms with E-state index in [1.165, 1.54) is 11.9 Å². The zero-order chi connectivity index (χ0) is 19.7. The molecule has 0 radical (unpaired) electrons. The molecular formula is C21H21N5O2. The first-order valence-corrected chi connectivity index (χ1v) is 9.23. The lowest BCUT2D eigenvalue weighted by atomic mass is 10.0. The molecule has 1 aliphatic heterocycles. The molecule has 1 N–H and O–H groups in total. The van der Waals surface area contributed by atoms with Crippen molar-refractivity contribution in [3.63, 3.8) is 0 Å². The number of fused-ring (bicyclic) bond motifs is 1. The number of para-hydroxylation sites is 1. The number of rotatable bonds is 4. The van der Waals surface area contributed by atoms with E-state index >= 15 is 0 Å². The van der Waals surface area contributed by atoms with Gasteiger partial charge in [-0.3, -0.25) is 10.1 Å². The quantitative estimate of drug-likeness (QED) is 0.519. The summed E-state index contributed by atoms with van der Waals surface area (Å²) in [7, 11) is 0. The molecule has 1 aliphatic rings. The Hall–Kier alpha value is -3.48. The van der Waals surface area contributed by atoms with Gasteiger partial charge in [-0.1, -0.05) is 35.9 Å². The number of aryl methyl sites for hydroxylation is 3. The molecule has 0 atom stereocenters. The molecule has 2 heterocycles. The van der Waals surface area contributed by atoms with Crippen molar-refractivity contribution in [3.05, 3.63) is 75.6 Å². The van der Waals surface area contributed by atoms with Gasteiger partial charge >= 0.3 is 5.69 Å². The molecule has 2 aromatic carbocycles. The van der Waals surface area contributed by atoms with Gasteiger partial charge < -0.3 is 10.2 Å². The van der Waals surface area contributed by atoms with Crippen LogP contribution in [0.1, 0.15) is 23.1 Å². The van der Waals surface area contributed by atoms with Gasteiger partial charge in [0.25, 0.3) is 0 Å². The van der Waals surface area contributed by atoms with Crippen LogP contribution in [0.15, 0.2) is 48.8 Å². The van der Waals surface area contributed by atoms with Crippen LogP contribution in [0.5, 0.6) is 0 Å². The van der Waals surface area contributed by atoms with E-state index in [4.69, 9.17) is 0 Å². The number of hydrogen-bond acceptors (Lipinski definition) is 6. The summed E-state index contributed by atoms with van der Waals surface area (Å²) in [5, 5.41) is 15.1. The predicted octanol–water partition coefficient (Wildman–Crippen LogP) is 4.83. The molecule has 0 aliphatic carbocycles. The van der Waals surface area contributed by atoms with Crippen LogP contribution in [0.3, 0.4) is 0 Å². The van der Waals surface area contributed by atoms with E-state index < -0.39 is 4.92 Å². The zero-order valence-electron chi connectivity index (χ0n) is 15.8. The number of hydrogen-bond donors (Lipinski definition) is 1. The van der Waals surface area contributed by atoms with Crippen molar-refractivity contribution in [1.82, 2.24) is 9.97 Å². The average Bonchev–Trinajstić information content (AvgIpc) is 2.69. The lowest BCUT2D eigenvalue weighted by Crippen LogP contribution is -2.26. The highest BCUT2D eigenvalue weighted by Gasteiger charge is 2.30. The van der Waals surface area contributed by atoms with Crippen molar-refractivity contribution in [2.45, 2.75) is 26.7 Å². The van der Waals surface area contributed by atoms with Gasteiger partial charge in [-0.05, 0) is 49.9 Å². The second kappa shape index (κ2) is 7.26. The van der Waals surface area contributed by atoms with Crippen LogP contribution in [0.4, 0.5) is 28.7 Å². The van der Waals surface area contributed by atoms with Crippen molar-refractivity contribution in [3.8, 4) is 0 Å². The van der Waals surface area contributed by atoms with Crippen molar-refractivity contribution in [1.29, 1.82) is 0 Å². The van der Waals surface area contributed by atoms with E-state index in [1.807, 2.05) is 55.1 Å². The van der Waals surface area contributed by atoms with Crippen LogP contribution in [0.25, 0.3) is 0 Å². The fraction of sp³-hybridized carbons (Fsp3) is 0.238. The summed E-state index contributed by atoms with van der Waals surface area (Å²) >= 11 is 0. The first kappa shape index (κ1) is 17.9. The van der Waals surface area contributed by atoms with Crippen LogP contribution in [0, 0.1) is 24.0 Å². The van der Waals surface area contributed by atoms with E-state index in [2.05, 4.69) is 21.4 Å². The van der Waals surface area contributed by atoms with E-state index in [0.717, 1.165) is 35.3 Å². The Morgan fingerprint density at radius 1 is 1.14 bits per heavy atom. The third kappa shape index (κ3) is 3.26. The van der Waals surface area contributed by atoms with Crippen LogP contribution in [-0.2, 0) is 6.42 Å². The normalized spacial score (nSPS) is 13.1. The Labute approximate surface area is 163 Å². The number of aromatic nitrogens is 2. The molecule has 1 aromatic heterocycles. The molecule has 4 rings (SSSR count). The summed E-state index contributed by atoms with van der Waals surface area (Å²) in [5.41, 5.74) is 4.94. The first-order chi connectivity index (χ1) is 13.5. The van der Waals surface area contributed by atoms with Gasteiger partial charge in [-0.25, -0.2) is 9.97 Å². The van der Waals surface area contributed by atoms with Crippen LogP contribution < -0.4 is 10.2 Å². The smallest absolute Gasteiger partial charge is 0.334 e. The van der Waals surface area contributed by atoms with Gasteiger partial charge in [0.15, 0.2) is 0 Å². The Bertz CT molecular complexity index is 1050. The first-order valence-electron chi connectivity index (χ1n) is 9.23. The highest BCUT2D eigenvalue weighted by atomic mass is 16.6. The Kier molecular flexibility index (Phi) is 4.65. The molecule has 7 heteroatoms. The van der Waals surface area contributed by atoms with Crippen molar-refractivity contribution >= 4 is 28.7 Å². The average molecular weight is 375 g/mol. The standard InChI is InChI=1S/C21H21N5O2/c1-14-9-10-17(15(2)12-14)24-20-19(26(27)28)21(23-13-22-20)25-11-5-7-16-6-3-4-8-18(16)25/h3-4,6,8-10,12-13H,5,7,11H2,1-2H3,(H,22,23,24). The molecule has 3 aromatic rings. The zero-order valence-corrected chi connectivity index (χ0v) is 15.8. The molecule has 28 heavy (non-hydrogen) atoms. The second-order valence-corrected chi connectivity index (χ2v) is 6.98. The SMILES string of the molecule is Cc1ccc(Nc2ncnc(N3CCCc4ccccc43)c2[N+](=O)[O-])c(C)c1. The van der Waals surface area contributed by atoms with Crippen LogP contribution in [-0.4, -0.2) is 21.4 Å². The third-order valence-corrected chi connectivity index (χ3v) is 4.99. The summed E-state index contributed by atoms with van der Waals surface area (Å²) in [6.45, 7) is 4.65.